The molecule has 74 valence electrons. The molecule has 0 aromatic carbocycles. The summed E-state index contributed by atoms with van der Waals surface area (Å²) in [6.07, 6.45) is 1.61. The Balaban J connectivity index is 2.73. The normalized spacial score (nSPS) is 18.0. The van der Waals surface area contributed by atoms with Gasteiger partial charge in [0.25, 0.3) is 10.0 Å². The molecular formula is C8H9N3O2S. The quantitative estimate of drug-likeness (QED) is 0.692. The first-order chi connectivity index (χ1) is 6.49. The minimum atomic E-state index is -3.55. The van der Waals surface area contributed by atoms with Gasteiger partial charge in [-0.25, -0.2) is 4.98 Å². The number of fused-ring (bicyclic) bond motifs is 1. The highest BCUT2D eigenvalue weighted by Gasteiger charge is 2.24. The van der Waals surface area contributed by atoms with Crippen molar-refractivity contribution in [3.8, 4) is 0 Å². The number of sulfonamides is 1. The van der Waals surface area contributed by atoms with E-state index in [0.717, 1.165) is 5.56 Å². The maximum absolute atomic E-state index is 11.6. The fraction of sp³-hybridized carbons (Fsp3) is 0.250. The van der Waals surface area contributed by atoms with Crippen molar-refractivity contribution in [2.75, 3.05) is 5.32 Å². The van der Waals surface area contributed by atoms with Crippen LogP contribution in [0.3, 0.4) is 0 Å². The molecule has 0 bridgehead atoms. The number of rotatable bonds is 0. The van der Waals surface area contributed by atoms with E-state index in [1.807, 2.05) is 0 Å². The van der Waals surface area contributed by atoms with Gasteiger partial charge in [-0.15, -0.1) is 4.40 Å². The lowest BCUT2D eigenvalue weighted by Gasteiger charge is -2.14. The highest BCUT2D eigenvalue weighted by Crippen LogP contribution is 2.25. The molecule has 6 heteroatoms. The van der Waals surface area contributed by atoms with E-state index in [4.69, 9.17) is 0 Å². The Labute approximate surface area is 81.9 Å². The molecule has 1 aliphatic rings. The summed E-state index contributed by atoms with van der Waals surface area (Å²) in [6, 6.07) is 1.56. The van der Waals surface area contributed by atoms with Crippen LogP contribution in [0.2, 0.25) is 0 Å². The Morgan fingerprint density at radius 1 is 1.36 bits per heavy atom. The monoisotopic (exact) mass is 211 g/mol. The van der Waals surface area contributed by atoms with Gasteiger partial charge in [0.05, 0.1) is 0 Å². The number of anilines is 1. The van der Waals surface area contributed by atoms with Gasteiger partial charge in [0.15, 0.2) is 5.82 Å². The minimum Gasteiger partial charge on any atom is -0.327 e. The summed E-state index contributed by atoms with van der Waals surface area (Å²) >= 11 is 0. The lowest BCUT2D eigenvalue weighted by molar-refractivity contribution is 0.597. The molecule has 0 saturated heterocycles. The lowest BCUT2D eigenvalue weighted by Crippen LogP contribution is -2.19. The number of aryl methyl sites for hydroxylation is 1. The topological polar surface area (TPSA) is 71.4 Å². The number of amidine groups is 1. The molecule has 0 aliphatic carbocycles. The number of nitrogens with one attached hydrogen (secondary N) is 1. The van der Waals surface area contributed by atoms with Crippen molar-refractivity contribution in [3.63, 3.8) is 0 Å². The largest absolute Gasteiger partial charge is 0.327 e. The molecule has 2 rings (SSSR count). The molecule has 1 N–H and O–H groups in total. The van der Waals surface area contributed by atoms with E-state index in [1.165, 1.54) is 0 Å². The molecule has 0 radical (unpaired) electrons. The van der Waals surface area contributed by atoms with E-state index in [9.17, 15) is 8.42 Å². The number of hydrogen-bond donors (Lipinski definition) is 1. The van der Waals surface area contributed by atoms with Crippen LogP contribution in [-0.2, 0) is 10.0 Å². The summed E-state index contributed by atoms with van der Waals surface area (Å²) in [5, 5.41) is 2.80. The van der Waals surface area contributed by atoms with Crippen molar-refractivity contribution in [2.45, 2.75) is 18.7 Å². The molecule has 0 atom stereocenters. The van der Waals surface area contributed by atoms with Crippen LogP contribution >= 0.6 is 0 Å². The van der Waals surface area contributed by atoms with Gasteiger partial charge in [0.2, 0.25) is 0 Å². The van der Waals surface area contributed by atoms with E-state index in [0.29, 0.717) is 11.7 Å². The van der Waals surface area contributed by atoms with Gasteiger partial charge >= 0.3 is 0 Å². The first-order valence-electron chi connectivity index (χ1n) is 4.04. The fourth-order valence-corrected chi connectivity index (χ4v) is 2.44. The van der Waals surface area contributed by atoms with Crippen molar-refractivity contribution in [1.29, 1.82) is 0 Å². The smallest absolute Gasteiger partial charge is 0.287 e. The number of nitrogens with zero attached hydrogens (tertiary/aromatic N) is 2. The average Bonchev–Trinajstić information content (AvgIpc) is 2.05. The Morgan fingerprint density at radius 2 is 2.07 bits per heavy atom. The van der Waals surface area contributed by atoms with Crippen LogP contribution in [0.4, 0.5) is 5.82 Å². The van der Waals surface area contributed by atoms with Gasteiger partial charge in [-0.1, -0.05) is 0 Å². The Kier molecular flexibility index (Phi) is 1.81. The second-order valence-corrected chi connectivity index (χ2v) is 4.71. The molecule has 14 heavy (non-hydrogen) atoms. The van der Waals surface area contributed by atoms with Gasteiger partial charge in [0.1, 0.15) is 10.7 Å². The SMILES string of the molecule is CC1=NS(=O)(=O)c2cc(C)cnc2N1. The zero-order valence-corrected chi connectivity index (χ0v) is 8.59. The first kappa shape index (κ1) is 9.14. The highest BCUT2D eigenvalue weighted by molar-refractivity contribution is 7.90. The van der Waals surface area contributed by atoms with Gasteiger partial charge < -0.3 is 5.32 Å². The third kappa shape index (κ3) is 1.37. The number of hydrogen-bond acceptors (Lipinski definition) is 4. The maximum atomic E-state index is 11.6. The second-order valence-electron chi connectivity index (χ2n) is 3.14. The van der Waals surface area contributed by atoms with Crippen molar-refractivity contribution in [2.24, 2.45) is 4.40 Å². The van der Waals surface area contributed by atoms with E-state index in [1.54, 1.807) is 26.1 Å². The van der Waals surface area contributed by atoms with Gasteiger partial charge in [-0.2, -0.15) is 8.42 Å². The minimum absolute atomic E-state index is 0.142. The molecular weight excluding hydrogens is 202 g/mol. The Hall–Kier alpha value is -1.43. The summed E-state index contributed by atoms with van der Waals surface area (Å²) in [7, 11) is -3.55. The number of pyridine rings is 1. The lowest BCUT2D eigenvalue weighted by atomic mass is 10.3. The second kappa shape index (κ2) is 2.78. The molecule has 2 heterocycles. The van der Waals surface area contributed by atoms with Crippen LogP contribution in [0.1, 0.15) is 12.5 Å². The molecule has 1 aromatic heterocycles. The molecule has 0 fully saturated rings. The first-order valence-corrected chi connectivity index (χ1v) is 5.48. The van der Waals surface area contributed by atoms with E-state index < -0.39 is 10.0 Å². The van der Waals surface area contributed by atoms with Gasteiger partial charge in [-0.05, 0) is 25.5 Å². The summed E-state index contributed by atoms with van der Waals surface area (Å²) in [6.45, 7) is 3.37. The Bertz CT molecular complexity index is 519. The predicted octanol–water partition coefficient (Wildman–Crippen LogP) is 0.923. The summed E-state index contributed by atoms with van der Waals surface area (Å²) < 4.78 is 26.7. The molecule has 5 nitrogen and oxygen atoms in total. The van der Waals surface area contributed by atoms with E-state index in [2.05, 4.69) is 14.7 Å². The van der Waals surface area contributed by atoms with Crippen molar-refractivity contribution in [3.05, 3.63) is 17.8 Å². The van der Waals surface area contributed by atoms with Crippen LogP contribution in [0.5, 0.6) is 0 Å². The maximum Gasteiger partial charge on any atom is 0.287 e. The Morgan fingerprint density at radius 3 is 2.79 bits per heavy atom. The van der Waals surface area contributed by atoms with Gasteiger partial charge in [-0.3, -0.25) is 0 Å². The zero-order chi connectivity index (χ0) is 10.3. The van der Waals surface area contributed by atoms with Crippen LogP contribution in [0.25, 0.3) is 0 Å². The summed E-state index contributed by atoms with van der Waals surface area (Å²) in [4.78, 5) is 4.14. The van der Waals surface area contributed by atoms with Crippen molar-refractivity contribution >= 4 is 21.7 Å². The van der Waals surface area contributed by atoms with Crippen LogP contribution in [-0.4, -0.2) is 19.2 Å². The fourth-order valence-electron chi connectivity index (χ4n) is 1.26. The standard InChI is InChI=1S/C8H9N3O2S/c1-5-3-7-8(9-4-5)10-6(2)11-14(7,12)13/h3-4H,1-2H3,(H,9,10,11). The highest BCUT2D eigenvalue weighted by atomic mass is 32.2. The third-order valence-corrected chi connectivity index (χ3v) is 3.20. The molecule has 1 aromatic rings. The van der Waals surface area contributed by atoms with Crippen LogP contribution in [0, 0.1) is 6.92 Å². The molecule has 0 amide bonds. The molecule has 0 saturated carbocycles. The zero-order valence-electron chi connectivity index (χ0n) is 7.77. The molecule has 0 unspecified atom stereocenters. The summed E-state index contributed by atoms with van der Waals surface area (Å²) in [5.41, 5.74) is 0.795. The average molecular weight is 211 g/mol. The van der Waals surface area contributed by atoms with Crippen LogP contribution < -0.4 is 5.32 Å². The van der Waals surface area contributed by atoms with Crippen molar-refractivity contribution in [1.82, 2.24) is 4.98 Å². The van der Waals surface area contributed by atoms with Gasteiger partial charge in [0, 0.05) is 6.20 Å². The van der Waals surface area contributed by atoms with E-state index >= 15 is 0 Å². The predicted molar refractivity (Wildman–Crippen MR) is 52.9 cm³/mol. The number of aromatic nitrogens is 1. The third-order valence-electron chi connectivity index (χ3n) is 1.82. The summed E-state index contributed by atoms with van der Waals surface area (Å²) in [5.74, 6) is 0.692. The molecule has 1 aliphatic heterocycles. The van der Waals surface area contributed by atoms with Crippen LogP contribution in [0.15, 0.2) is 21.6 Å². The van der Waals surface area contributed by atoms with Crippen molar-refractivity contribution < 1.29 is 8.42 Å². The van der Waals surface area contributed by atoms with E-state index in [-0.39, 0.29) is 4.90 Å². The molecule has 0 spiro atoms.